The van der Waals surface area contributed by atoms with E-state index in [-0.39, 0.29) is 29.9 Å². The van der Waals surface area contributed by atoms with Crippen molar-refractivity contribution in [3.63, 3.8) is 0 Å². The molecule has 0 spiro atoms. The molecule has 0 fully saturated rings. The van der Waals surface area contributed by atoms with Gasteiger partial charge in [0.05, 0.1) is 26.2 Å². The largest absolute Gasteiger partial charge is 0.497 e. The molecule has 1 N–H and O–H groups in total. The van der Waals surface area contributed by atoms with E-state index in [1.807, 2.05) is 13.8 Å². The molecule has 0 bridgehead atoms. The van der Waals surface area contributed by atoms with E-state index in [4.69, 9.17) is 21.1 Å². The minimum Gasteiger partial charge on any atom is -0.497 e. The van der Waals surface area contributed by atoms with Crippen LogP contribution >= 0.6 is 11.6 Å². The van der Waals surface area contributed by atoms with Crippen LogP contribution in [0.3, 0.4) is 0 Å². The molecule has 0 heterocycles. The van der Waals surface area contributed by atoms with E-state index in [1.165, 1.54) is 25.2 Å². The highest BCUT2D eigenvalue weighted by atomic mass is 35.5. The van der Waals surface area contributed by atoms with Crippen LogP contribution in [0, 0.1) is 0 Å². The number of sulfonamides is 1. The van der Waals surface area contributed by atoms with E-state index >= 15 is 0 Å². The number of hydrogen-bond acceptors (Lipinski definition) is 6. The second kappa shape index (κ2) is 12.8. The molecule has 198 valence electrons. The SMILES string of the molecule is CCC(C)NC(=O)C(C)N(Cc1cccc(Cl)c1)C(=O)CN(c1cc(OC)ccc1OC)S(C)(=O)=O. The monoisotopic (exact) mass is 539 g/mol. The van der Waals surface area contributed by atoms with Gasteiger partial charge in [0.2, 0.25) is 21.8 Å². The van der Waals surface area contributed by atoms with Crippen LogP contribution in [0.1, 0.15) is 32.8 Å². The van der Waals surface area contributed by atoms with Crippen molar-refractivity contribution in [1.29, 1.82) is 0 Å². The molecule has 0 aliphatic carbocycles. The van der Waals surface area contributed by atoms with E-state index in [9.17, 15) is 18.0 Å². The van der Waals surface area contributed by atoms with Gasteiger partial charge < -0.3 is 19.7 Å². The summed E-state index contributed by atoms with van der Waals surface area (Å²) < 4.78 is 37.2. The third kappa shape index (κ3) is 7.76. The molecule has 2 atom stereocenters. The maximum Gasteiger partial charge on any atom is 0.244 e. The normalized spacial score (nSPS) is 12.9. The van der Waals surface area contributed by atoms with E-state index in [0.717, 1.165) is 17.0 Å². The molecule has 0 aromatic heterocycles. The molecule has 36 heavy (non-hydrogen) atoms. The van der Waals surface area contributed by atoms with E-state index in [2.05, 4.69) is 5.32 Å². The Morgan fingerprint density at radius 2 is 1.78 bits per heavy atom. The minimum atomic E-state index is -3.92. The average Bonchev–Trinajstić information content (AvgIpc) is 2.84. The number of hydrogen-bond donors (Lipinski definition) is 1. The molecule has 0 radical (unpaired) electrons. The zero-order chi connectivity index (χ0) is 27.0. The third-order valence-electron chi connectivity index (χ3n) is 5.74. The first-order valence-corrected chi connectivity index (χ1v) is 13.7. The Bertz CT molecular complexity index is 1170. The molecule has 0 saturated heterocycles. The maximum atomic E-state index is 13.7. The van der Waals surface area contributed by atoms with Gasteiger partial charge in [0.15, 0.2) is 0 Å². The Hall–Kier alpha value is -2.98. The van der Waals surface area contributed by atoms with E-state index in [0.29, 0.717) is 16.3 Å². The number of anilines is 1. The molecular weight excluding hydrogens is 506 g/mol. The van der Waals surface area contributed by atoms with Crippen LogP contribution in [0.5, 0.6) is 11.5 Å². The fraction of sp³-hybridized carbons (Fsp3) is 0.440. The number of nitrogens with zero attached hydrogens (tertiary/aromatic N) is 2. The molecule has 2 aromatic rings. The van der Waals surface area contributed by atoms with Crippen LogP contribution in [-0.4, -0.2) is 64.2 Å². The van der Waals surface area contributed by atoms with Crippen molar-refractivity contribution < 1.29 is 27.5 Å². The molecular formula is C25H34ClN3O6S. The quantitative estimate of drug-likeness (QED) is 0.443. The zero-order valence-corrected chi connectivity index (χ0v) is 23.0. The van der Waals surface area contributed by atoms with Crippen LogP contribution in [0.4, 0.5) is 5.69 Å². The summed E-state index contributed by atoms with van der Waals surface area (Å²) in [5.41, 5.74) is 0.844. The van der Waals surface area contributed by atoms with Crippen LogP contribution in [0.25, 0.3) is 0 Å². The molecule has 0 aliphatic rings. The van der Waals surface area contributed by atoms with Gasteiger partial charge in [-0.1, -0.05) is 30.7 Å². The van der Waals surface area contributed by atoms with Crippen LogP contribution in [0.2, 0.25) is 5.02 Å². The lowest BCUT2D eigenvalue weighted by Crippen LogP contribution is -2.52. The summed E-state index contributed by atoms with van der Waals surface area (Å²) in [6, 6.07) is 10.6. The Morgan fingerprint density at radius 3 is 2.33 bits per heavy atom. The summed E-state index contributed by atoms with van der Waals surface area (Å²) >= 11 is 6.13. The summed E-state index contributed by atoms with van der Waals surface area (Å²) in [5.74, 6) is -0.274. The number of nitrogens with one attached hydrogen (secondary N) is 1. The molecule has 0 saturated carbocycles. The lowest BCUT2D eigenvalue weighted by molar-refractivity contribution is -0.139. The van der Waals surface area contributed by atoms with Gasteiger partial charge in [-0.3, -0.25) is 13.9 Å². The lowest BCUT2D eigenvalue weighted by atomic mass is 10.1. The smallest absolute Gasteiger partial charge is 0.244 e. The van der Waals surface area contributed by atoms with Crippen molar-refractivity contribution in [3.8, 4) is 11.5 Å². The van der Waals surface area contributed by atoms with Gasteiger partial charge in [-0.15, -0.1) is 0 Å². The van der Waals surface area contributed by atoms with Gasteiger partial charge in [-0.25, -0.2) is 8.42 Å². The fourth-order valence-corrected chi connectivity index (χ4v) is 4.52. The van der Waals surface area contributed by atoms with Crippen molar-refractivity contribution in [2.75, 3.05) is 31.3 Å². The Kier molecular flexibility index (Phi) is 10.4. The van der Waals surface area contributed by atoms with Crippen molar-refractivity contribution in [1.82, 2.24) is 10.2 Å². The second-order valence-electron chi connectivity index (χ2n) is 8.45. The van der Waals surface area contributed by atoms with Crippen molar-refractivity contribution in [2.24, 2.45) is 0 Å². The highest BCUT2D eigenvalue weighted by Gasteiger charge is 2.31. The Balaban J connectivity index is 2.48. The van der Waals surface area contributed by atoms with Crippen molar-refractivity contribution in [2.45, 2.75) is 45.8 Å². The number of carbonyl (C=O) groups excluding carboxylic acids is 2. The topological polar surface area (TPSA) is 105 Å². The molecule has 11 heteroatoms. The maximum absolute atomic E-state index is 13.7. The second-order valence-corrected chi connectivity index (χ2v) is 10.8. The van der Waals surface area contributed by atoms with Crippen molar-refractivity contribution >= 4 is 39.1 Å². The van der Waals surface area contributed by atoms with Gasteiger partial charge >= 0.3 is 0 Å². The first-order chi connectivity index (χ1) is 16.9. The standard InChI is InChI=1S/C25H34ClN3O6S/c1-7-17(2)27-25(31)18(3)28(15-19-9-8-10-20(26)13-19)24(30)16-29(36(6,32)33)22-14-21(34-4)11-12-23(22)35-5/h8-14,17-18H,7,15-16H2,1-6H3,(H,27,31). The number of carbonyl (C=O) groups is 2. The minimum absolute atomic E-state index is 0.0569. The molecule has 2 unspecified atom stereocenters. The van der Waals surface area contributed by atoms with E-state index in [1.54, 1.807) is 43.3 Å². The van der Waals surface area contributed by atoms with Gasteiger partial charge in [0.1, 0.15) is 24.1 Å². The van der Waals surface area contributed by atoms with Gasteiger partial charge in [-0.05, 0) is 50.1 Å². The van der Waals surface area contributed by atoms with Gasteiger partial charge in [0.25, 0.3) is 0 Å². The fourth-order valence-electron chi connectivity index (χ4n) is 3.47. The van der Waals surface area contributed by atoms with Crippen LogP contribution in [0.15, 0.2) is 42.5 Å². The summed E-state index contributed by atoms with van der Waals surface area (Å²) in [5, 5.41) is 3.37. The Labute approximate surface area is 218 Å². The highest BCUT2D eigenvalue weighted by Crippen LogP contribution is 2.34. The summed E-state index contributed by atoms with van der Waals surface area (Å²) in [6.45, 7) is 4.92. The number of halogens is 1. The predicted octanol–water partition coefficient (Wildman–Crippen LogP) is 3.46. The number of amides is 2. The van der Waals surface area contributed by atoms with Crippen LogP contribution in [-0.2, 0) is 26.2 Å². The van der Waals surface area contributed by atoms with Gasteiger partial charge in [-0.2, -0.15) is 0 Å². The third-order valence-corrected chi connectivity index (χ3v) is 7.11. The summed E-state index contributed by atoms with van der Waals surface area (Å²) in [6.07, 6.45) is 1.72. The molecule has 2 aromatic carbocycles. The molecule has 2 rings (SSSR count). The number of methoxy groups -OCH3 is 2. The lowest BCUT2D eigenvalue weighted by Gasteiger charge is -2.32. The number of ether oxygens (including phenoxy) is 2. The first-order valence-electron chi connectivity index (χ1n) is 11.4. The number of rotatable bonds is 12. The van der Waals surface area contributed by atoms with E-state index < -0.39 is 28.5 Å². The zero-order valence-electron chi connectivity index (χ0n) is 21.4. The average molecular weight is 540 g/mol. The predicted molar refractivity (Wildman–Crippen MR) is 141 cm³/mol. The Morgan fingerprint density at radius 1 is 1.08 bits per heavy atom. The van der Waals surface area contributed by atoms with Crippen LogP contribution < -0.4 is 19.1 Å². The van der Waals surface area contributed by atoms with Gasteiger partial charge in [0, 0.05) is 23.7 Å². The molecule has 2 amide bonds. The number of benzene rings is 2. The molecule has 0 aliphatic heterocycles. The highest BCUT2D eigenvalue weighted by molar-refractivity contribution is 7.92. The summed E-state index contributed by atoms with van der Waals surface area (Å²) in [4.78, 5) is 27.9. The molecule has 9 nitrogen and oxygen atoms in total. The van der Waals surface area contributed by atoms with Crippen molar-refractivity contribution in [3.05, 3.63) is 53.1 Å². The summed E-state index contributed by atoms with van der Waals surface area (Å²) in [7, 11) is -1.07. The first kappa shape index (κ1) is 29.3.